The van der Waals surface area contributed by atoms with Crippen molar-refractivity contribution in [2.75, 3.05) is 16.8 Å². The van der Waals surface area contributed by atoms with Crippen molar-refractivity contribution in [1.29, 1.82) is 0 Å². The molecule has 0 saturated heterocycles. The Kier molecular flexibility index (Phi) is 7.46. The van der Waals surface area contributed by atoms with Crippen LogP contribution in [0.25, 0.3) is 0 Å². The van der Waals surface area contributed by atoms with E-state index in [0.29, 0.717) is 15.9 Å². The first-order chi connectivity index (χ1) is 13.8. The normalized spacial score (nSPS) is 11.1. The van der Waals surface area contributed by atoms with Gasteiger partial charge in [-0.15, -0.1) is 11.8 Å². The highest BCUT2D eigenvalue weighted by Gasteiger charge is 2.22. The molecular weight excluding hydrogens is 445 g/mol. The smallest absolute Gasteiger partial charge is 0.209 e. The predicted octanol–water partition coefficient (Wildman–Crippen LogP) is 7.14. The van der Waals surface area contributed by atoms with Crippen LogP contribution in [0.1, 0.15) is 35.5 Å². The molecule has 0 unspecified atom stereocenters. The Hall–Kier alpha value is -1.73. The number of anilines is 3. The molecule has 29 heavy (non-hydrogen) atoms. The Labute approximate surface area is 188 Å². The number of nitrogen functional groups attached to an aromatic ring is 1. The zero-order chi connectivity index (χ0) is 21.0. The van der Waals surface area contributed by atoms with E-state index in [-0.39, 0.29) is 27.2 Å². The van der Waals surface area contributed by atoms with Gasteiger partial charge in [0.15, 0.2) is 5.13 Å². The van der Waals surface area contributed by atoms with Gasteiger partial charge in [0.1, 0.15) is 10.7 Å². The van der Waals surface area contributed by atoms with Crippen molar-refractivity contribution in [2.45, 2.75) is 25.2 Å². The maximum absolute atomic E-state index is 12.9. The summed E-state index contributed by atoms with van der Waals surface area (Å²) in [6, 6.07) is 13.0. The summed E-state index contributed by atoms with van der Waals surface area (Å²) in [6.45, 7) is 4.46. The molecular formula is C21H21Cl2N3OS2. The lowest BCUT2D eigenvalue weighted by molar-refractivity contribution is 0.104. The standard InChI is InChI=1S/C21H21Cl2N3OS2/c1-12(2)10-11-28-14-8-6-13(7-9-14)25-21-26-20(24)19(29-21)18(27)17-15(22)4-3-5-16(17)23/h3-9,12H,10-11,24H2,1-2H3,(H,25,26). The SMILES string of the molecule is CC(C)CCSc1ccc(Nc2nc(N)c(C(=O)c3c(Cl)cccc3Cl)s2)cc1. The van der Waals surface area contributed by atoms with Gasteiger partial charge in [0, 0.05) is 10.6 Å². The molecule has 0 saturated carbocycles. The number of hydrogen-bond donors (Lipinski definition) is 2. The maximum atomic E-state index is 12.9. The number of nitrogens with two attached hydrogens (primary N) is 1. The van der Waals surface area contributed by atoms with Crippen LogP contribution in [0.15, 0.2) is 47.4 Å². The van der Waals surface area contributed by atoms with Crippen molar-refractivity contribution >= 4 is 68.7 Å². The van der Waals surface area contributed by atoms with E-state index in [2.05, 4.69) is 36.3 Å². The van der Waals surface area contributed by atoms with Crippen LogP contribution in [-0.4, -0.2) is 16.5 Å². The predicted molar refractivity (Wildman–Crippen MR) is 126 cm³/mol. The van der Waals surface area contributed by atoms with E-state index in [1.165, 1.54) is 22.7 Å². The molecule has 3 rings (SSSR count). The molecule has 1 aromatic heterocycles. The minimum absolute atomic E-state index is 0.152. The van der Waals surface area contributed by atoms with Crippen molar-refractivity contribution < 1.29 is 4.79 Å². The Morgan fingerprint density at radius 3 is 2.45 bits per heavy atom. The highest BCUT2D eigenvalue weighted by molar-refractivity contribution is 7.99. The van der Waals surface area contributed by atoms with Gasteiger partial charge >= 0.3 is 0 Å². The van der Waals surface area contributed by atoms with E-state index >= 15 is 0 Å². The van der Waals surface area contributed by atoms with Crippen LogP contribution in [0, 0.1) is 5.92 Å². The molecule has 0 fully saturated rings. The fourth-order valence-corrected chi connectivity index (χ4v) is 5.12. The molecule has 4 nitrogen and oxygen atoms in total. The molecule has 8 heteroatoms. The summed E-state index contributed by atoms with van der Waals surface area (Å²) < 4.78 is 0. The number of nitrogens with one attached hydrogen (secondary N) is 1. The molecule has 3 aromatic rings. The van der Waals surface area contributed by atoms with Crippen molar-refractivity contribution in [3.8, 4) is 0 Å². The molecule has 2 aromatic carbocycles. The number of rotatable bonds is 8. The number of hydrogen-bond acceptors (Lipinski definition) is 6. The van der Waals surface area contributed by atoms with Crippen LogP contribution >= 0.6 is 46.3 Å². The molecule has 0 amide bonds. The zero-order valence-electron chi connectivity index (χ0n) is 16.0. The molecule has 152 valence electrons. The van der Waals surface area contributed by atoms with Gasteiger partial charge in [0.05, 0.1) is 15.6 Å². The average Bonchev–Trinajstić information content (AvgIpc) is 3.03. The van der Waals surface area contributed by atoms with E-state index < -0.39 is 0 Å². The van der Waals surface area contributed by atoms with Gasteiger partial charge in [-0.05, 0) is 54.5 Å². The largest absolute Gasteiger partial charge is 0.382 e. The van der Waals surface area contributed by atoms with E-state index in [1.54, 1.807) is 18.2 Å². The Balaban J connectivity index is 1.71. The van der Waals surface area contributed by atoms with Crippen LogP contribution in [0.5, 0.6) is 0 Å². The molecule has 0 aliphatic rings. The second-order valence-electron chi connectivity index (χ2n) is 6.84. The molecule has 0 aliphatic heterocycles. The number of aromatic nitrogens is 1. The average molecular weight is 466 g/mol. The van der Waals surface area contributed by atoms with Gasteiger partial charge < -0.3 is 11.1 Å². The summed E-state index contributed by atoms with van der Waals surface area (Å²) in [5.41, 5.74) is 7.10. The summed E-state index contributed by atoms with van der Waals surface area (Å²) in [4.78, 5) is 18.7. The second kappa shape index (κ2) is 9.85. The van der Waals surface area contributed by atoms with Gasteiger partial charge in [-0.25, -0.2) is 4.98 Å². The Bertz CT molecular complexity index is 983. The second-order valence-corrected chi connectivity index (χ2v) is 9.82. The summed E-state index contributed by atoms with van der Waals surface area (Å²) in [6.07, 6.45) is 1.19. The summed E-state index contributed by atoms with van der Waals surface area (Å²) >= 11 is 15.3. The highest BCUT2D eigenvalue weighted by Crippen LogP contribution is 2.34. The topological polar surface area (TPSA) is 68.0 Å². The number of halogens is 2. The third-order valence-corrected chi connectivity index (χ3v) is 6.78. The maximum Gasteiger partial charge on any atom is 0.209 e. The van der Waals surface area contributed by atoms with E-state index in [0.717, 1.165) is 11.4 Å². The Morgan fingerprint density at radius 1 is 1.17 bits per heavy atom. The molecule has 0 radical (unpaired) electrons. The number of benzene rings is 2. The Morgan fingerprint density at radius 2 is 1.83 bits per heavy atom. The van der Waals surface area contributed by atoms with Crippen LogP contribution in [-0.2, 0) is 0 Å². The third kappa shape index (κ3) is 5.66. The number of nitrogens with zero attached hydrogens (tertiary/aromatic N) is 1. The molecule has 0 bridgehead atoms. The molecule has 3 N–H and O–H groups in total. The minimum Gasteiger partial charge on any atom is -0.382 e. The first-order valence-electron chi connectivity index (χ1n) is 9.10. The van der Waals surface area contributed by atoms with E-state index in [1.807, 2.05) is 23.9 Å². The van der Waals surface area contributed by atoms with Gasteiger partial charge in [-0.3, -0.25) is 4.79 Å². The van der Waals surface area contributed by atoms with E-state index in [9.17, 15) is 4.79 Å². The third-order valence-electron chi connectivity index (χ3n) is 4.12. The summed E-state index contributed by atoms with van der Waals surface area (Å²) in [5, 5.41) is 4.31. The van der Waals surface area contributed by atoms with Crippen molar-refractivity contribution in [2.24, 2.45) is 5.92 Å². The zero-order valence-corrected chi connectivity index (χ0v) is 19.2. The van der Waals surface area contributed by atoms with Crippen molar-refractivity contribution in [3.05, 3.63) is 63.0 Å². The summed E-state index contributed by atoms with van der Waals surface area (Å²) in [5.74, 6) is 1.63. The minimum atomic E-state index is -0.333. The quantitative estimate of drug-likeness (QED) is 0.273. The van der Waals surface area contributed by atoms with Crippen LogP contribution in [0.2, 0.25) is 10.0 Å². The van der Waals surface area contributed by atoms with Crippen molar-refractivity contribution in [3.63, 3.8) is 0 Å². The lowest BCUT2D eigenvalue weighted by atomic mass is 10.1. The number of ketones is 1. The first kappa shape index (κ1) is 22.0. The van der Waals surface area contributed by atoms with Gasteiger partial charge in [0.25, 0.3) is 0 Å². The van der Waals surface area contributed by atoms with Crippen LogP contribution in [0.4, 0.5) is 16.6 Å². The fourth-order valence-electron chi connectivity index (χ4n) is 2.55. The summed E-state index contributed by atoms with van der Waals surface area (Å²) in [7, 11) is 0. The van der Waals surface area contributed by atoms with Crippen molar-refractivity contribution in [1.82, 2.24) is 4.98 Å². The van der Waals surface area contributed by atoms with Gasteiger partial charge in [0.2, 0.25) is 5.78 Å². The number of thiazole rings is 1. The number of carbonyl (C=O) groups is 1. The number of thioether (sulfide) groups is 1. The lowest BCUT2D eigenvalue weighted by Gasteiger charge is -2.06. The van der Waals surface area contributed by atoms with Gasteiger partial charge in [-0.2, -0.15) is 0 Å². The van der Waals surface area contributed by atoms with Crippen LogP contribution in [0.3, 0.4) is 0 Å². The van der Waals surface area contributed by atoms with Gasteiger partial charge in [-0.1, -0.05) is 54.5 Å². The first-order valence-corrected chi connectivity index (χ1v) is 11.7. The monoisotopic (exact) mass is 465 g/mol. The van der Waals surface area contributed by atoms with Crippen LogP contribution < -0.4 is 11.1 Å². The number of carbonyl (C=O) groups excluding carboxylic acids is 1. The lowest BCUT2D eigenvalue weighted by Crippen LogP contribution is -2.04. The molecule has 0 aliphatic carbocycles. The molecule has 1 heterocycles. The molecule has 0 atom stereocenters. The fraction of sp³-hybridized carbons (Fsp3) is 0.238. The highest BCUT2D eigenvalue weighted by atomic mass is 35.5. The molecule has 0 spiro atoms. The van der Waals surface area contributed by atoms with E-state index in [4.69, 9.17) is 28.9 Å².